The van der Waals surface area contributed by atoms with E-state index in [0.717, 1.165) is 103 Å². The van der Waals surface area contributed by atoms with Crippen LogP contribution in [0.1, 0.15) is 316 Å². The van der Waals surface area contributed by atoms with E-state index >= 15 is 0 Å². The number of ether oxygens (including phenoxy) is 3. The molecule has 0 saturated heterocycles. The lowest BCUT2D eigenvalue weighted by atomic mass is 10.0. The Morgan fingerprint density at radius 2 is 0.520 bits per heavy atom. The highest BCUT2D eigenvalue weighted by Gasteiger charge is 2.19. The van der Waals surface area contributed by atoms with Gasteiger partial charge in [-0.25, -0.2) is 0 Å². The van der Waals surface area contributed by atoms with Crippen molar-refractivity contribution in [2.75, 3.05) is 13.2 Å². The van der Waals surface area contributed by atoms with Crippen LogP contribution in [-0.4, -0.2) is 37.2 Å². The SMILES string of the molecule is CC/C=C\C/C=C\C/C=C\C/C=C\C/C=C\CCCCCC(=O)O[C@H](COC(=O)CCCCCCCCCCC/C=C\C/C=C\CCCCC)COC(=O)CCCCCCCCCCCCCCCCCCCCC. The molecule has 6 heteroatoms. The van der Waals surface area contributed by atoms with Gasteiger partial charge in [0, 0.05) is 19.3 Å². The summed E-state index contributed by atoms with van der Waals surface area (Å²) < 4.78 is 16.9. The summed E-state index contributed by atoms with van der Waals surface area (Å²) in [6, 6.07) is 0. The first-order chi connectivity index (χ1) is 37.0. The first kappa shape index (κ1) is 71.6. The summed E-state index contributed by atoms with van der Waals surface area (Å²) in [6.07, 6.45) is 83.0. The van der Waals surface area contributed by atoms with E-state index in [0.29, 0.717) is 12.8 Å². The maximum Gasteiger partial charge on any atom is 0.306 e. The van der Waals surface area contributed by atoms with Crippen molar-refractivity contribution in [3.8, 4) is 0 Å². The van der Waals surface area contributed by atoms with Crippen LogP contribution in [0.4, 0.5) is 0 Å². The molecule has 0 spiro atoms. The van der Waals surface area contributed by atoms with E-state index in [1.54, 1.807) is 0 Å². The fourth-order valence-corrected chi connectivity index (χ4v) is 9.09. The van der Waals surface area contributed by atoms with Crippen molar-refractivity contribution in [2.24, 2.45) is 0 Å². The van der Waals surface area contributed by atoms with Crippen LogP contribution in [-0.2, 0) is 28.6 Å². The minimum absolute atomic E-state index is 0.0887. The second-order valence-electron chi connectivity index (χ2n) is 21.3. The number of carbonyl (C=O) groups excluding carboxylic acids is 3. The molecule has 1 atom stereocenters. The zero-order valence-electron chi connectivity index (χ0n) is 49.6. The van der Waals surface area contributed by atoms with Crippen molar-refractivity contribution in [1.29, 1.82) is 0 Å². The van der Waals surface area contributed by atoms with Gasteiger partial charge in [0.15, 0.2) is 6.10 Å². The number of rotatable bonds is 58. The molecule has 75 heavy (non-hydrogen) atoms. The molecule has 0 aliphatic rings. The standard InChI is InChI=1S/C69H120O6/c1-4-7-10-13-16-19-22-25-28-31-34-37-40-43-46-49-52-55-58-61-67(70)73-64-66(75-69(72)63-60-57-54-51-48-45-42-39-36-33-30-27-24-21-18-15-12-9-6-3)65-74-68(71)62-59-56-53-50-47-44-41-38-35-32-29-26-23-20-17-14-11-8-5-2/h9,12,16,18-19,21,25,27-28,30,36,39,45,48,66H,4-8,10-11,13-15,17,20,22-24,26,29,31-35,37-38,40-44,46-47,49-65H2,1-3H3/b12-9-,19-16-,21-18-,28-25-,30-27-,39-36-,48-45-/t66-/m1/s1. The summed E-state index contributed by atoms with van der Waals surface area (Å²) in [4.78, 5) is 38.3. The van der Waals surface area contributed by atoms with Crippen molar-refractivity contribution < 1.29 is 28.6 Å². The van der Waals surface area contributed by atoms with Crippen molar-refractivity contribution in [3.05, 3.63) is 85.1 Å². The molecule has 0 radical (unpaired) electrons. The quantitative estimate of drug-likeness (QED) is 0.0261. The Bertz CT molecular complexity index is 1430. The average Bonchev–Trinajstić information content (AvgIpc) is 3.41. The zero-order chi connectivity index (χ0) is 54.3. The first-order valence-electron chi connectivity index (χ1n) is 32.1. The average molecular weight is 1050 g/mol. The van der Waals surface area contributed by atoms with E-state index in [2.05, 4.69) is 106 Å². The maximum absolute atomic E-state index is 12.9. The summed E-state index contributed by atoms with van der Waals surface area (Å²) in [6.45, 7) is 6.51. The molecule has 0 heterocycles. The van der Waals surface area contributed by atoms with Crippen molar-refractivity contribution in [3.63, 3.8) is 0 Å². The van der Waals surface area contributed by atoms with E-state index in [1.165, 1.54) is 173 Å². The Balaban J connectivity index is 4.42. The van der Waals surface area contributed by atoms with Gasteiger partial charge in [-0.15, -0.1) is 0 Å². The van der Waals surface area contributed by atoms with Crippen LogP contribution in [0.15, 0.2) is 85.1 Å². The molecule has 432 valence electrons. The molecule has 0 aromatic carbocycles. The summed E-state index contributed by atoms with van der Waals surface area (Å²) >= 11 is 0. The second kappa shape index (κ2) is 63.1. The first-order valence-corrected chi connectivity index (χ1v) is 32.1. The van der Waals surface area contributed by atoms with Gasteiger partial charge in [0.2, 0.25) is 0 Å². The van der Waals surface area contributed by atoms with Gasteiger partial charge >= 0.3 is 17.9 Å². The molecule has 0 amide bonds. The molecule has 0 saturated carbocycles. The number of carbonyl (C=O) groups is 3. The molecule has 0 rings (SSSR count). The van der Waals surface area contributed by atoms with Gasteiger partial charge < -0.3 is 14.2 Å². The number of esters is 3. The van der Waals surface area contributed by atoms with E-state index in [4.69, 9.17) is 14.2 Å². The maximum atomic E-state index is 12.9. The summed E-state index contributed by atoms with van der Waals surface area (Å²) in [5.41, 5.74) is 0. The zero-order valence-corrected chi connectivity index (χ0v) is 49.6. The minimum atomic E-state index is -0.796. The van der Waals surface area contributed by atoms with Gasteiger partial charge in [0.25, 0.3) is 0 Å². The largest absolute Gasteiger partial charge is 0.462 e. The van der Waals surface area contributed by atoms with Crippen molar-refractivity contribution in [1.82, 2.24) is 0 Å². The highest BCUT2D eigenvalue weighted by molar-refractivity contribution is 5.71. The number of hydrogen-bond donors (Lipinski definition) is 0. The lowest BCUT2D eigenvalue weighted by molar-refractivity contribution is -0.167. The van der Waals surface area contributed by atoms with Crippen LogP contribution in [0.3, 0.4) is 0 Å². The molecule has 0 unspecified atom stereocenters. The van der Waals surface area contributed by atoms with Gasteiger partial charge in [0.05, 0.1) is 0 Å². The second-order valence-corrected chi connectivity index (χ2v) is 21.3. The van der Waals surface area contributed by atoms with Gasteiger partial charge in [-0.3, -0.25) is 14.4 Å². The van der Waals surface area contributed by atoms with Crippen LogP contribution < -0.4 is 0 Å². The summed E-state index contributed by atoms with van der Waals surface area (Å²) in [5, 5.41) is 0. The van der Waals surface area contributed by atoms with Gasteiger partial charge in [0.1, 0.15) is 13.2 Å². The van der Waals surface area contributed by atoms with Crippen LogP contribution >= 0.6 is 0 Å². The van der Waals surface area contributed by atoms with E-state index in [1.807, 2.05) is 0 Å². The minimum Gasteiger partial charge on any atom is -0.462 e. The van der Waals surface area contributed by atoms with Crippen LogP contribution in [0.2, 0.25) is 0 Å². The lowest BCUT2D eigenvalue weighted by Gasteiger charge is -2.18. The predicted octanol–water partition coefficient (Wildman–Crippen LogP) is 21.9. The number of allylic oxidation sites excluding steroid dienone is 14. The van der Waals surface area contributed by atoms with Crippen LogP contribution in [0.5, 0.6) is 0 Å². The molecule has 0 aliphatic carbocycles. The highest BCUT2D eigenvalue weighted by Crippen LogP contribution is 2.17. The highest BCUT2D eigenvalue weighted by atomic mass is 16.6. The third-order valence-electron chi connectivity index (χ3n) is 13.9. The molecule has 0 aromatic heterocycles. The van der Waals surface area contributed by atoms with E-state index < -0.39 is 6.10 Å². The fraction of sp³-hybridized carbons (Fsp3) is 0.754. The van der Waals surface area contributed by atoms with Crippen molar-refractivity contribution >= 4 is 17.9 Å². The fourth-order valence-electron chi connectivity index (χ4n) is 9.09. The molecular weight excluding hydrogens is 925 g/mol. The topological polar surface area (TPSA) is 78.9 Å². The summed E-state index contributed by atoms with van der Waals surface area (Å²) in [7, 11) is 0. The molecule has 0 aromatic rings. The molecule has 6 nitrogen and oxygen atoms in total. The molecule has 0 N–H and O–H groups in total. The van der Waals surface area contributed by atoms with E-state index in [9.17, 15) is 14.4 Å². The number of unbranched alkanes of at least 4 members (excludes halogenated alkanes) is 33. The molecule has 0 aliphatic heterocycles. The van der Waals surface area contributed by atoms with Crippen LogP contribution in [0.25, 0.3) is 0 Å². The van der Waals surface area contributed by atoms with Gasteiger partial charge in [-0.2, -0.15) is 0 Å². The Hall–Kier alpha value is -3.41. The molecular formula is C69H120O6. The Morgan fingerprint density at radius 3 is 0.853 bits per heavy atom. The monoisotopic (exact) mass is 1040 g/mol. The predicted molar refractivity (Wildman–Crippen MR) is 325 cm³/mol. The third kappa shape index (κ3) is 61.3. The number of hydrogen-bond acceptors (Lipinski definition) is 6. The Kier molecular flexibility index (Phi) is 60.3. The Morgan fingerprint density at radius 1 is 0.280 bits per heavy atom. The Labute approximate surface area is 465 Å². The molecule has 0 bridgehead atoms. The normalized spacial score (nSPS) is 12.6. The smallest absolute Gasteiger partial charge is 0.306 e. The van der Waals surface area contributed by atoms with Crippen LogP contribution in [0, 0.1) is 0 Å². The van der Waals surface area contributed by atoms with Gasteiger partial charge in [-0.05, 0) is 96.3 Å². The lowest BCUT2D eigenvalue weighted by Crippen LogP contribution is -2.30. The summed E-state index contributed by atoms with van der Waals surface area (Å²) in [5.74, 6) is -0.911. The van der Waals surface area contributed by atoms with Crippen molar-refractivity contribution in [2.45, 2.75) is 322 Å². The molecule has 0 fully saturated rings. The van der Waals surface area contributed by atoms with E-state index in [-0.39, 0.29) is 37.5 Å². The third-order valence-corrected chi connectivity index (χ3v) is 13.9. The van der Waals surface area contributed by atoms with Gasteiger partial charge in [-0.1, -0.05) is 286 Å².